The highest BCUT2D eigenvalue weighted by Crippen LogP contribution is 2.41. The zero-order valence-corrected chi connectivity index (χ0v) is 47.6. The standard InChI is InChI=1S/C52H91N3O28.H3N/c1-4-5-6-7-8-9-10-11-12-13-14-15-16-17-28(62)27(53)24-76-47-41(70)40(69)43(34(23-59)78-47)79-48-42(71)46(38(67)32(21-57)77-48)83-52(50(74)75)19-30(64)36(55-26(3)61)45(82-52)39(68)33(22-58)80-51(49(72)73)18-29(63)35(54-25(2)60)44(81-51)37(66)31(65)20-56;/h16-17,27-48,56-59,62-71H,4-15,18-24,53H2,1-3H3,(H,54,60)(H,55,61)(H,72,73)(H,74,75);1H3/b17-16+;/t27-,28+,29-,30-,31+,32+,33+,34+,35+,36+,37+,38-,39+,40+,41+,42+,43+,44+,45+,46-,47+,48-,51+,52-;/m0./s1. The number of carboxylic acids is 2. The number of nitrogens with two attached hydrogens (primary N) is 1. The van der Waals surface area contributed by atoms with Crippen LogP contribution in [0, 0.1) is 0 Å². The molecule has 0 bridgehead atoms. The Morgan fingerprint density at radius 2 is 1.14 bits per heavy atom. The lowest BCUT2D eigenvalue weighted by atomic mass is 9.87. The van der Waals surface area contributed by atoms with Crippen molar-refractivity contribution in [3.8, 4) is 0 Å². The van der Waals surface area contributed by atoms with Crippen LogP contribution in [0.5, 0.6) is 0 Å². The quantitative estimate of drug-likeness (QED) is 0.0208. The van der Waals surface area contributed by atoms with Crippen molar-refractivity contribution in [2.24, 2.45) is 5.73 Å². The summed E-state index contributed by atoms with van der Waals surface area (Å²) in [7, 11) is 0. The van der Waals surface area contributed by atoms with Crippen LogP contribution in [0.1, 0.15) is 111 Å². The highest BCUT2D eigenvalue weighted by atomic mass is 16.8. The van der Waals surface area contributed by atoms with Crippen molar-refractivity contribution in [2.45, 2.75) is 257 Å². The van der Waals surface area contributed by atoms with Crippen LogP contribution in [0.2, 0.25) is 0 Å². The molecule has 0 unspecified atom stereocenters. The molecule has 2 amide bonds. The summed E-state index contributed by atoms with van der Waals surface area (Å²) in [5.74, 6) is -12.7. The number of unbranched alkanes of at least 4 members (excludes halogenated alkanes) is 11. The van der Waals surface area contributed by atoms with E-state index in [1.54, 1.807) is 6.08 Å². The van der Waals surface area contributed by atoms with Gasteiger partial charge in [0.25, 0.3) is 11.6 Å². The third-order valence-electron chi connectivity index (χ3n) is 15.2. The second kappa shape index (κ2) is 35.6. The van der Waals surface area contributed by atoms with E-state index in [2.05, 4.69) is 17.6 Å². The number of hydrogen-bond acceptors (Lipinski definition) is 28. The van der Waals surface area contributed by atoms with E-state index >= 15 is 0 Å². The minimum atomic E-state index is -3.36. The maximum Gasteiger partial charge on any atom is 0.364 e. The summed E-state index contributed by atoms with van der Waals surface area (Å²) in [5.41, 5.74) is 6.15. The predicted molar refractivity (Wildman–Crippen MR) is 284 cm³/mol. The summed E-state index contributed by atoms with van der Waals surface area (Å²) in [4.78, 5) is 51.0. The third-order valence-corrected chi connectivity index (χ3v) is 15.2. The van der Waals surface area contributed by atoms with Gasteiger partial charge in [0, 0.05) is 26.7 Å². The summed E-state index contributed by atoms with van der Waals surface area (Å²) >= 11 is 0. The van der Waals surface area contributed by atoms with Crippen LogP contribution in [-0.4, -0.2) is 285 Å². The van der Waals surface area contributed by atoms with Gasteiger partial charge in [-0.15, -0.1) is 0 Å². The average Bonchev–Trinajstić information content (AvgIpc) is 1.02. The predicted octanol–water partition coefficient (Wildman–Crippen LogP) is -5.92. The lowest BCUT2D eigenvalue weighted by molar-refractivity contribution is -0.388. The van der Waals surface area contributed by atoms with E-state index < -0.39 is 216 Å². The van der Waals surface area contributed by atoms with Gasteiger partial charge in [-0.2, -0.15) is 0 Å². The van der Waals surface area contributed by atoms with Gasteiger partial charge in [0.05, 0.1) is 69.5 Å². The van der Waals surface area contributed by atoms with Gasteiger partial charge in [0.15, 0.2) is 12.6 Å². The molecule has 4 fully saturated rings. The minimum absolute atomic E-state index is 0. The number of nitrogens with one attached hydrogen (secondary N) is 2. The SMILES string of the molecule is CCCCCCCCCCCCC/C=C/[C@@H](O)[C@@H](N)CO[C@@H]1O[C@H](CO)[C@@H](O[C@@H]2O[C@H](CO)[C@H](O)[C@H](O[C@]3(C(=O)O)C[C@H](O)[C@@H](NC(C)=O)[C@H]([C@H](O)[C@@H](CO)O[C@]4(C(=O)O)C[C@H](O)[C@@H](NC(C)=O)[C@H]([C@H](O)[C@H](O)CO)O4)O3)[C@H]2O)[C@H](O)[C@H]1O.N. The Balaban J connectivity index is 0.0000185. The molecule has 24 atom stereocenters. The first-order valence-corrected chi connectivity index (χ1v) is 28.2. The fourth-order valence-electron chi connectivity index (χ4n) is 10.5. The number of allylic oxidation sites excluding steroid dienone is 1. The summed E-state index contributed by atoms with van der Waals surface area (Å²) in [5, 5.41) is 179. The number of aliphatic carboxylic acids is 2. The third kappa shape index (κ3) is 19.8. The molecule has 32 nitrogen and oxygen atoms in total. The molecule has 23 N–H and O–H groups in total. The van der Waals surface area contributed by atoms with Crippen LogP contribution in [0.4, 0.5) is 0 Å². The van der Waals surface area contributed by atoms with Gasteiger partial charge < -0.3 is 142 Å². The fraction of sp³-hybridized carbons (Fsp3) is 0.885. The lowest BCUT2D eigenvalue weighted by Gasteiger charge is -2.51. The summed E-state index contributed by atoms with van der Waals surface area (Å²) in [6.45, 7) is -1.000. The van der Waals surface area contributed by atoms with E-state index in [1.165, 1.54) is 57.4 Å². The molecule has 4 aliphatic heterocycles. The van der Waals surface area contributed by atoms with Crippen molar-refractivity contribution in [2.75, 3.05) is 33.0 Å². The largest absolute Gasteiger partial charge is 0.477 e. The summed E-state index contributed by atoms with van der Waals surface area (Å²) in [6.07, 6.45) is -24.8. The average molecular weight is 1220 g/mol. The molecule has 4 saturated heterocycles. The summed E-state index contributed by atoms with van der Waals surface area (Å²) < 4.78 is 45.4. The molecule has 4 heterocycles. The number of hydrogen-bond donors (Lipinski definition) is 20. The molecule has 4 rings (SSSR count). The Labute approximate surface area is 485 Å². The Hall–Kier alpha value is -3.34. The maximum absolute atomic E-state index is 13.4. The van der Waals surface area contributed by atoms with Crippen molar-refractivity contribution in [3.63, 3.8) is 0 Å². The maximum atomic E-state index is 13.4. The normalized spacial score (nSPS) is 35.9. The molecule has 0 aromatic rings. The Kier molecular flexibility index (Phi) is 31.8. The van der Waals surface area contributed by atoms with Crippen molar-refractivity contribution in [1.29, 1.82) is 0 Å². The Morgan fingerprint density at radius 3 is 1.64 bits per heavy atom. The van der Waals surface area contributed by atoms with E-state index in [4.69, 9.17) is 43.6 Å². The van der Waals surface area contributed by atoms with Crippen molar-refractivity contribution in [1.82, 2.24) is 16.8 Å². The first-order valence-electron chi connectivity index (χ1n) is 28.2. The van der Waals surface area contributed by atoms with Crippen LogP contribution in [0.3, 0.4) is 0 Å². The number of carbonyl (C=O) groups excluding carboxylic acids is 2. The van der Waals surface area contributed by atoms with E-state index in [1.807, 2.05) is 0 Å². The monoisotopic (exact) mass is 1220 g/mol. The van der Waals surface area contributed by atoms with Crippen LogP contribution in [0.15, 0.2) is 12.2 Å². The molecule has 0 aromatic carbocycles. The number of aliphatic hydroxyl groups excluding tert-OH is 14. The molecule has 490 valence electrons. The van der Waals surface area contributed by atoms with Crippen LogP contribution >= 0.6 is 0 Å². The number of ether oxygens (including phenoxy) is 8. The van der Waals surface area contributed by atoms with Crippen LogP contribution in [-0.2, 0) is 57.1 Å². The molecule has 84 heavy (non-hydrogen) atoms. The molecule has 32 heteroatoms. The highest BCUT2D eigenvalue weighted by Gasteiger charge is 2.62. The van der Waals surface area contributed by atoms with Crippen LogP contribution in [0.25, 0.3) is 0 Å². The lowest BCUT2D eigenvalue weighted by Crippen LogP contribution is -2.72. The van der Waals surface area contributed by atoms with Gasteiger partial charge in [0.2, 0.25) is 11.8 Å². The van der Waals surface area contributed by atoms with Gasteiger partial charge >= 0.3 is 11.9 Å². The van der Waals surface area contributed by atoms with Crippen LogP contribution < -0.4 is 22.5 Å². The van der Waals surface area contributed by atoms with Gasteiger partial charge in [-0.05, 0) is 12.8 Å². The molecule has 0 saturated carbocycles. The van der Waals surface area contributed by atoms with Crippen molar-refractivity contribution < 1.29 is 139 Å². The molecule has 0 radical (unpaired) electrons. The van der Waals surface area contributed by atoms with Crippen molar-refractivity contribution in [3.05, 3.63) is 12.2 Å². The summed E-state index contributed by atoms with van der Waals surface area (Å²) in [6, 6.07) is -4.64. The first-order chi connectivity index (χ1) is 39.3. The van der Waals surface area contributed by atoms with Crippen molar-refractivity contribution >= 4 is 23.8 Å². The van der Waals surface area contributed by atoms with Gasteiger partial charge in [-0.1, -0.05) is 83.3 Å². The zero-order valence-electron chi connectivity index (χ0n) is 47.6. The topological polar surface area (TPSA) is 551 Å². The highest BCUT2D eigenvalue weighted by molar-refractivity contribution is 5.77. The molecule has 0 aromatic heterocycles. The fourth-order valence-corrected chi connectivity index (χ4v) is 10.5. The smallest absolute Gasteiger partial charge is 0.364 e. The number of carbonyl (C=O) groups is 4. The molecular formula is C52H94N4O28. The molecular weight excluding hydrogens is 1130 g/mol. The minimum Gasteiger partial charge on any atom is -0.477 e. The number of amides is 2. The zero-order chi connectivity index (χ0) is 61.9. The van der Waals surface area contributed by atoms with E-state index in [-0.39, 0.29) is 6.15 Å². The number of aliphatic hydroxyl groups is 14. The van der Waals surface area contributed by atoms with E-state index in [0.717, 1.165) is 33.1 Å². The molecule has 4 aliphatic rings. The number of carboxylic acid groups (broad SMARTS) is 2. The van der Waals surface area contributed by atoms with Gasteiger partial charge in [0.1, 0.15) is 85.5 Å². The van der Waals surface area contributed by atoms with Gasteiger partial charge in [-0.25, -0.2) is 9.59 Å². The van der Waals surface area contributed by atoms with E-state index in [9.17, 15) is 101 Å². The van der Waals surface area contributed by atoms with Gasteiger partial charge in [-0.3, -0.25) is 9.59 Å². The Bertz CT molecular complexity index is 2000. The van der Waals surface area contributed by atoms with E-state index in [0.29, 0.717) is 6.42 Å². The second-order valence-corrected chi connectivity index (χ2v) is 21.7. The number of rotatable bonds is 35. The second-order valence-electron chi connectivity index (χ2n) is 21.7. The Morgan fingerprint density at radius 1 is 0.643 bits per heavy atom. The molecule has 0 spiro atoms. The first kappa shape index (κ1) is 74.9. The molecule has 0 aliphatic carbocycles.